The second-order valence-electron chi connectivity index (χ2n) is 5.04. The Morgan fingerprint density at radius 3 is 2.86 bits per heavy atom. The molecule has 4 nitrogen and oxygen atoms in total. The lowest BCUT2D eigenvalue weighted by atomic mass is 9.99. The third-order valence-electron chi connectivity index (χ3n) is 3.52. The van der Waals surface area contributed by atoms with E-state index in [-0.39, 0.29) is 5.91 Å². The lowest BCUT2D eigenvalue weighted by Gasteiger charge is -2.09. The molecule has 1 aliphatic rings. The highest BCUT2D eigenvalue weighted by Crippen LogP contribution is 2.29. The smallest absolute Gasteiger partial charge is 0.279 e. The second-order valence-corrected chi connectivity index (χ2v) is 6.18. The number of carbonyl (C=O) groups is 1. The highest BCUT2D eigenvalue weighted by atomic mass is 32.1. The Hall–Kier alpha value is -2.14. The number of pyridine rings is 1. The van der Waals surface area contributed by atoms with Gasteiger partial charge in [-0.3, -0.25) is 20.6 Å². The van der Waals surface area contributed by atoms with Crippen LogP contribution in [-0.2, 0) is 12.8 Å². The zero-order valence-corrected chi connectivity index (χ0v) is 12.5. The molecular formula is C16H17N3OS. The zero-order valence-electron chi connectivity index (χ0n) is 11.7. The van der Waals surface area contributed by atoms with Gasteiger partial charge in [0.1, 0.15) is 0 Å². The van der Waals surface area contributed by atoms with Gasteiger partial charge >= 0.3 is 0 Å². The molecule has 0 spiro atoms. The first-order valence-electron chi connectivity index (χ1n) is 7.02. The summed E-state index contributed by atoms with van der Waals surface area (Å²) in [6.45, 7) is 3.87. The fourth-order valence-corrected chi connectivity index (χ4v) is 3.55. The van der Waals surface area contributed by atoms with E-state index in [2.05, 4.69) is 22.4 Å². The summed E-state index contributed by atoms with van der Waals surface area (Å²) in [5.74, 6) is -0.119. The maximum absolute atomic E-state index is 12.2. The van der Waals surface area contributed by atoms with Gasteiger partial charge < -0.3 is 0 Å². The standard InChI is InChI=1S/C16H17N3OS/c1-11(13-7-4-5-9-17-13)18-19-16(20)15-10-12-6-2-3-8-14(12)21-15/h4-5,7,9-10,18H,1-3,6,8H2,(H,19,20). The maximum Gasteiger partial charge on any atom is 0.279 e. The van der Waals surface area contributed by atoms with E-state index < -0.39 is 0 Å². The van der Waals surface area contributed by atoms with Gasteiger partial charge in [-0.15, -0.1) is 11.3 Å². The first-order valence-corrected chi connectivity index (χ1v) is 7.84. The number of nitrogens with one attached hydrogen (secondary N) is 2. The van der Waals surface area contributed by atoms with E-state index >= 15 is 0 Å². The van der Waals surface area contributed by atoms with Gasteiger partial charge in [0.15, 0.2) is 0 Å². The summed E-state index contributed by atoms with van der Waals surface area (Å²) in [5.41, 5.74) is 8.13. The van der Waals surface area contributed by atoms with Gasteiger partial charge in [-0.2, -0.15) is 0 Å². The molecule has 2 N–H and O–H groups in total. The van der Waals surface area contributed by atoms with Crippen LogP contribution in [0, 0.1) is 0 Å². The van der Waals surface area contributed by atoms with Crippen molar-refractivity contribution in [2.24, 2.45) is 0 Å². The van der Waals surface area contributed by atoms with Gasteiger partial charge in [0.05, 0.1) is 16.3 Å². The fourth-order valence-electron chi connectivity index (χ4n) is 2.40. The average molecular weight is 299 g/mol. The molecule has 0 aliphatic heterocycles. The largest absolute Gasteiger partial charge is 0.297 e. The molecule has 0 aromatic carbocycles. The van der Waals surface area contributed by atoms with Crippen molar-refractivity contribution < 1.29 is 4.79 Å². The number of aryl methyl sites for hydroxylation is 2. The molecule has 0 radical (unpaired) electrons. The Bertz CT molecular complexity index is 640. The molecular weight excluding hydrogens is 282 g/mol. The number of nitrogens with zero attached hydrogens (tertiary/aromatic N) is 1. The van der Waals surface area contributed by atoms with Crippen molar-refractivity contribution in [3.8, 4) is 0 Å². The number of rotatable bonds is 4. The van der Waals surface area contributed by atoms with Crippen LogP contribution in [0.4, 0.5) is 0 Å². The minimum atomic E-state index is -0.119. The SMILES string of the molecule is C=C(NNC(=O)c1cc2c(s1)CCCC2)c1ccccn1. The van der Waals surface area contributed by atoms with Crippen molar-refractivity contribution in [1.29, 1.82) is 0 Å². The zero-order chi connectivity index (χ0) is 14.7. The van der Waals surface area contributed by atoms with Crippen LogP contribution in [0.1, 0.15) is 38.6 Å². The molecule has 1 amide bonds. The minimum Gasteiger partial charge on any atom is -0.297 e. The molecule has 0 unspecified atom stereocenters. The highest BCUT2D eigenvalue weighted by molar-refractivity contribution is 7.14. The van der Waals surface area contributed by atoms with E-state index in [0.717, 1.165) is 17.7 Å². The average Bonchev–Trinajstić information content (AvgIpc) is 2.97. The van der Waals surface area contributed by atoms with Crippen molar-refractivity contribution >= 4 is 22.9 Å². The van der Waals surface area contributed by atoms with E-state index in [4.69, 9.17) is 0 Å². The van der Waals surface area contributed by atoms with E-state index in [0.29, 0.717) is 11.4 Å². The van der Waals surface area contributed by atoms with Crippen molar-refractivity contribution in [3.05, 3.63) is 58.1 Å². The summed E-state index contributed by atoms with van der Waals surface area (Å²) in [6.07, 6.45) is 6.33. The lowest BCUT2D eigenvalue weighted by Crippen LogP contribution is -2.35. The molecule has 108 valence electrons. The van der Waals surface area contributed by atoms with Crippen LogP contribution in [-0.4, -0.2) is 10.9 Å². The maximum atomic E-state index is 12.2. The van der Waals surface area contributed by atoms with Crippen LogP contribution in [0.15, 0.2) is 37.0 Å². The molecule has 2 heterocycles. The monoisotopic (exact) mass is 299 g/mol. The molecule has 3 rings (SSSR count). The Kier molecular flexibility index (Phi) is 4.01. The van der Waals surface area contributed by atoms with E-state index in [1.54, 1.807) is 17.5 Å². The number of fused-ring (bicyclic) bond motifs is 1. The molecule has 2 aromatic heterocycles. The Balaban J connectivity index is 1.62. The molecule has 0 saturated heterocycles. The van der Waals surface area contributed by atoms with Gasteiger partial charge in [-0.1, -0.05) is 12.6 Å². The van der Waals surface area contributed by atoms with Crippen molar-refractivity contribution in [3.63, 3.8) is 0 Å². The normalized spacial score (nSPS) is 13.3. The molecule has 2 aromatic rings. The van der Waals surface area contributed by atoms with E-state index in [1.165, 1.54) is 23.3 Å². The van der Waals surface area contributed by atoms with Crippen LogP contribution in [0.3, 0.4) is 0 Å². The fraction of sp³-hybridized carbons (Fsp3) is 0.250. The summed E-state index contributed by atoms with van der Waals surface area (Å²) in [4.78, 5) is 18.5. The van der Waals surface area contributed by atoms with E-state index in [9.17, 15) is 4.79 Å². The summed E-state index contributed by atoms with van der Waals surface area (Å²) >= 11 is 1.59. The number of hydrogen-bond acceptors (Lipinski definition) is 4. The van der Waals surface area contributed by atoms with Crippen LogP contribution in [0.2, 0.25) is 0 Å². The van der Waals surface area contributed by atoms with E-state index in [1.807, 2.05) is 24.3 Å². The molecule has 0 atom stereocenters. The number of carbonyl (C=O) groups excluding carboxylic acids is 1. The quantitative estimate of drug-likeness (QED) is 0.854. The Labute approximate surface area is 127 Å². The number of aromatic nitrogens is 1. The minimum absolute atomic E-state index is 0.119. The van der Waals surface area contributed by atoms with Crippen molar-refractivity contribution in [1.82, 2.24) is 15.8 Å². The van der Waals surface area contributed by atoms with Gasteiger partial charge in [0, 0.05) is 11.1 Å². The van der Waals surface area contributed by atoms with Gasteiger partial charge in [-0.05, 0) is 49.4 Å². The summed E-state index contributed by atoms with van der Waals surface area (Å²) in [5, 5.41) is 0. The molecule has 0 fully saturated rings. The van der Waals surface area contributed by atoms with Crippen LogP contribution in [0.5, 0.6) is 0 Å². The number of hydrogen-bond donors (Lipinski definition) is 2. The predicted octanol–water partition coefficient (Wildman–Crippen LogP) is 2.93. The lowest BCUT2D eigenvalue weighted by molar-refractivity contribution is 0.0946. The summed E-state index contributed by atoms with van der Waals surface area (Å²) in [7, 11) is 0. The first-order chi connectivity index (χ1) is 10.2. The van der Waals surface area contributed by atoms with Crippen LogP contribution in [0.25, 0.3) is 5.70 Å². The molecule has 0 saturated carbocycles. The second kappa shape index (κ2) is 6.10. The molecule has 21 heavy (non-hydrogen) atoms. The van der Waals surface area contributed by atoms with Crippen molar-refractivity contribution in [2.45, 2.75) is 25.7 Å². The Morgan fingerprint density at radius 1 is 1.24 bits per heavy atom. The highest BCUT2D eigenvalue weighted by Gasteiger charge is 2.17. The summed E-state index contributed by atoms with van der Waals surface area (Å²) < 4.78 is 0. The van der Waals surface area contributed by atoms with Crippen LogP contribution >= 0.6 is 11.3 Å². The third-order valence-corrected chi connectivity index (χ3v) is 4.76. The van der Waals surface area contributed by atoms with Crippen LogP contribution < -0.4 is 10.9 Å². The summed E-state index contributed by atoms with van der Waals surface area (Å²) in [6, 6.07) is 7.57. The third kappa shape index (κ3) is 3.13. The molecule has 0 bridgehead atoms. The first kappa shape index (κ1) is 13.8. The number of hydrazine groups is 1. The van der Waals surface area contributed by atoms with Gasteiger partial charge in [-0.25, -0.2) is 0 Å². The van der Waals surface area contributed by atoms with Gasteiger partial charge in [0.25, 0.3) is 5.91 Å². The predicted molar refractivity (Wildman–Crippen MR) is 84.8 cm³/mol. The molecule has 5 heteroatoms. The number of thiophene rings is 1. The Morgan fingerprint density at radius 2 is 2.10 bits per heavy atom. The topological polar surface area (TPSA) is 54.0 Å². The van der Waals surface area contributed by atoms with Crippen molar-refractivity contribution in [2.75, 3.05) is 0 Å². The molecule has 1 aliphatic carbocycles. The number of amides is 1. The van der Waals surface area contributed by atoms with Gasteiger partial charge in [0.2, 0.25) is 0 Å².